The summed E-state index contributed by atoms with van der Waals surface area (Å²) in [6, 6.07) is 9.78. The summed E-state index contributed by atoms with van der Waals surface area (Å²) >= 11 is 0. The lowest BCUT2D eigenvalue weighted by atomic mass is 9.85. The van der Waals surface area contributed by atoms with E-state index < -0.39 is 5.41 Å². The summed E-state index contributed by atoms with van der Waals surface area (Å²) in [5.74, 6) is 0.622. The second-order valence-electron chi connectivity index (χ2n) is 7.27. The van der Waals surface area contributed by atoms with Crippen LogP contribution in [-0.4, -0.2) is 41.2 Å². The van der Waals surface area contributed by atoms with Crippen molar-refractivity contribution in [3.05, 3.63) is 59.3 Å². The molecule has 2 fully saturated rings. The van der Waals surface area contributed by atoms with Gasteiger partial charge >= 0.3 is 0 Å². The molecule has 0 unspecified atom stereocenters. The van der Waals surface area contributed by atoms with E-state index in [9.17, 15) is 14.0 Å². The van der Waals surface area contributed by atoms with Crippen LogP contribution >= 0.6 is 0 Å². The van der Waals surface area contributed by atoms with Crippen molar-refractivity contribution in [1.82, 2.24) is 9.80 Å². The van der Waals surface area contributed by atoms with Crippen LogP contribution in [0, 0.1) is 18.2 Å². The zero-order valence-corrected chi connectivity index (χ0v) is 14.7. The van der Waals surface area contributed by atoms with Crippen LogP contribution in [0.3, 0.4) is 0 Å². The van der Waals surface area contributed by atoms with Crippen LogP contribution in [0.1, 0.15) is 34.7 Å². The molecule has 0 radical (unpaired) electrons. The number of hydrogen-bond acceptors (Lipinski definition) is 3. The molecule has 2 aliphatic heterocycles. The topological polar surface area (TPSA) is 53.8 Å². The van der Waals surface area contributed by atoms with Crippen LogP contribution in [0.15, 0.2) is 40.8 Å². The van der Waals surface area contributed by atoms with Gasteiger partial charge in [-0.15, -0.1) is 0 Å². The first-order valence-electron chi connectivity index (χ1n) is 8.86. The average Bonchev–Trinajstić information content (AvgIpc) is 3.31. The van der Waals surface area contributed by atoms with E-state index in [2.05, 4.69) is 0 Å². The molecule has 0 bridgehead atoms. The van der Waals surface area contributed by atoms with Crippen molar-refractivity contribution < 1.29 is 18.4 Å². The molecule has 2 aromatic rings. The highest BCUT2D eigenvalue weighted by molar-refractivity contribution is 5.93. The Morgan fingerprint density at radius 3 is 2.77 bits per heavy atom. The molecule has 2 aliphatic rings. The van der Waals surface area contributed by atoms with Gasteiger partial charge in [0.1, 0.15) is 11.6 Å². The van der Waals surface area contributed by atoms with Gasteiger partial charge in [0.05, 0.1) is 5.41 Å². The first-order valence-corrected chi connectivity index (χ1v) is 8.86. The monoisotopic (exact) mass is 356 g/mol. The number of nitrogens with zero attached hydrogens (tertiary/aromatic N) is 2. The summed E-state index contributed by atoms with van der Waals surface area (Å²) in [5.41, 5.74) is 0.275. The van der Waals surface area contributed by atoms with Crippen LogP contribution in [0.4, 0.5) is 4.39 Å². The lowest BCUT2D eigenvalue weighted by Crippen LogP contribution is -2.38. The molecule has 26 heavy (non-hydrogen) atoms. The maximum absolute atomic E-state index is 13.4. The van der Waals surface area contributed by atoms with E-state index in [0.29, 0.717) is 44.1 Å². The van der Waals surface area contributed by atoms with Crippen LogP contribution in [0.2, 0.25) is 0 Å². The van der Waals surface area contributed by atoms with E-state index in [0.717, 1.165) is 12.0 Å². The fourth-order valence-electron chi connectivity index (χ4n) is 4.03. The van der Waals surface area contributed by atoms with Crippen molar-refractivity contribution in [2.45, 2.75) is 26.3 Å². The van der Waals surface area contributed by atoms with Crippen LogP contribution in [0.5, 0.6) is 0 Å². The number of hydrogen-bond donors (Lipinski definition) is 0. The molecule has 1 aromatic heterocycles. The van der Waals surface area contributed by atoms with Crippen LogP contribution < -0.4 is 0 Å². The maximum Gasteiger partial charge on any atom is 0.289 e. The number of carbonyl (C=O) groups is 2. The zero-order chi connectivity index (χ0) is 18.3. The molecular weight excluding hydrogens is 335 g/mol. The normalized spacial score (nSPS) is 22.6. The molecule has 2 saturated heterocycles. The molecule has 1 atom stereocenters. The fraction of sp³-hybridized carbons (Fsp3) is 0.400. The smallest absolute Gasteiger partial charge is 0.289 e. The number of amides is 2. The van der Waals surface area contributed by atoms with Crippen molar-refractivity contribution >= 4 is 11.8 Å². The fourth-order valence-corrected chi connectivity index (χ4v) is 4.03. The van der Waals surface area contributed by atoms with E-state index in [1.54, 1.807) is 34.9 Å². The molecule has 1 spiro atoms. The molecule has 0 saturated carbocycles. The number of rotatable bonds is 3. The average molecular weight is 356 g/mol. The largest absolute Gasteiger partial charge is 0.456 e. The van der Waals surface area contributed by atoms with Gasteiger partial charge in [-0.2, -0.15) is 0 Å². The summed E-state index contributed by atoms with van der Waals surface area (Å²) in [5, 5.41) is 0. The summed E-state index contributed by atoms with van der Waals surface area (Å²) < 4.78 is 18.8. The van der Waals surface area contributed by atoms with Crippen molar-refractivity contribution in [2.75, 3.05) is 19.6 Å². The van der Waals surface area contributed by atoms with Gasteiger partial charge in [0.25, 0.3) is 5.91 Å². The van der Waals surface area contributed by atoms with E-state index in [4.69, 9.17) is 4.42 Å². The Morgan fingerprint density at radius 1 is 1.23 bits per heavy atom. The Morgan fingerprint density at radius 2 is 2.04 bits per heavy atom. The molecule has 0 N–H and O–H groups in total. The number of likely N-dealkylation sites (tertiary alicyclic amines) is 2. The standard InChI is InChI=1S/C20H21FN2O3/c1-14-5-6-17(26-14)18(24)23-10-8-20(13-23)7-9-22(19(20)25)12-15-3-2-4-16(21)11-15/h2-6,11H,7-10,12-13H2,1H3/t20-/m0/s1. The molecular formula is C20H21FN2O3. The summed E-state index contributed by atoms with van der Waals surface area (Å²) in [4.78, 5) is 29.1. The molecule has 6 heteroatoms. The van der Waals surface area contributed by atoms with Gasteiger partial charge in [-0.25, -0.2) is 4.39 Å². The summed E-state index contributed by atoms with van der Waals surface area (Å²) in [7, 11) is 0. The Bertz CT molecular complexity index is 862. The lowest BCUT2D eigenvalue weighted by molar-refractivity contribution is -0.135. The maximum atomic E-state index is 13.4. The van der Waals surface area contributed by atoms with E-state index in [1.807, 2.05) is 6.07 Å². The minimum atomic E-state index is -0.509. The van der Waals surface area contributed by atoms with Gasteiger partial charge in [0, 0.05) is 26.2 Å². The van der Waals surface area contributed by atoms with Crippen LogP contribution in [-0.2, 0) is 11.3 Å². The molecule has 4 rings (SSSR count). The SMILES string of the molecule is Cc1ccc(C(=O)N2CC[C@@]3(CCN(Cc4cccc(F)c4)C3=O)C2)o1. The van der Waals surface area contributed by atoms with Crippen LogP contribution in [0.25, 0.3) is 0 Å². The minimum Gasteiger partial charge on any atom is -0.456 e. The first kappa shape index (κ1) is 16.8. The number of aryl methyl sites for hydroxylation is 1. The third-order valence-corrected chi connectivity index (χ3v) is 5.46. The number of halogens is 1. The van der Waals surface area contributed by atoms with Gasteiger partial charge in [-0.1, -0.05) is 12.1 Å². The third kappa shape index (κ3) is 2.89. The highest BCUT2D eigenvalue weighted by atomic mass is 19.1. The number of furan rings is 1. The number of benzene rings is 1. The molecule has 136 valence electrons. The molecule has 2 amide bonds. The zero-order valence-electron chi connectivity index (χ0n) is 14.7. The van der Waals surface area contributed by atoms with E-state index >= 15 is 0 Å². The number of carbonyl (C=O) groups excluding carboxylic acids is 2. The van der Waals surface area contributed by atoms with Gasteiger partial charge in [-0.3, -0.25) is 9.59 Å². The van der Waals surface area contributed by atoms with Gasteiger partial charge in [-0.05, 0) is 49.6 Å². The highest BCUT2D eigenvalue weighted by Crippen LogP contribution is 2.41. The predicted molar refractivity (Wildman–Crippen MR) is 92.8 cm³/mol. The Kier molecular flexibility index (Phi) is 4.05. The summed E-state index contributed by atoms with van der Waals surface area (Å²) in [6.07, 6.45) is 1.39. The second-order valence-corrected chi connectivity index (χ2v) is 7.27. The Balaban J connectivity index is 1.45. The molecule has 0 aliphatic carbocycles. The minimum absolute atomic E-state index is 0.0627. The van der Waals surface area contributed by atoms with Crippen molar-refractivity contribution in [1.29, 1.82) is 0 Å². The van der Waals surface area contributed by atoms with E-state index in [-0.39, 0.29) is 17.6 Å². The third-order valence-electron chi connectivity index (χ3n) is 5.46. The lowest BCUT2D eigenvalue weighted by Gasteiger charge is -2.23. The molecule has 3 heterocycles. The van der Waals surface area contributed by atoms with Crippen molar-refractivity contribution in [2.24, 2.45) is 5.41 Å². The quantitative estimate of drug-likeness (QED) is 0.850. The first-order chi connectivity index (χ1) is 12.5. The van der Waals surface area contributed by atoms with Crippen molar-refractivity contribution in [3.63, 3.8) is 0 Å². The second kappa shape index (κ2) is 6.27. The van der Waals surface area contributed by atoms with Gasteiger partial charge in [0.2, 0.25) is 5.91 Å². The van der Waals surface area contributed by atoms with Gasteiger partial charge < -0.3 is 14.2 Å². The van der Waals surface area contributed by atoms with E-state index in [1.165, 1.54) is 12.1 Å². The summed E-state index contributed by atoms with van der Waals surface area (Å²) in [6.45, 7) is 3.82. The molecule has 1 aromatic carbocycles. The van der Waals surface area contributed by atoms with Crippen molar-refractivity contribution in [3.8, 4) is 0 Å². The predicted octanol–water partition coefficient (Wildman–Crippen LogP) is 2.99. The Labute approximate surface area is 151 Å². The van der Waals surface area contributed by atoms with Gasteiger partial charge in [0.15, 0.2) is 5.76 Å². The highest BCUT2D eigenvalue weighted by Gasteiger charge is 2.51. The Hall–Kier alpha value is -2.63. The molecule has 5 nitrogen and oxygen atoms in total.